The number of benzene rings is 1. The van der Waals surface area contributed by atoms with Crippen molar-refractivity contribution < 1.29 is 14.9 Å². The number of phenols is 1. The Morgan fingerprint density at radius 1 is 1.28 bits per heavy atom. The van der Waals surface area contributed by atoms with Crippen molar-refractivity contribution in [2.75, 3.05) is 7.11 Å². The molecule has 0 aliphatic heterocycles. The Morgan fingerprint density at radius 3 is 2.80 bits per heavy atom. The minimum absolute atomic E-state index is 0.150. The van der Waals surface area contributed by atoms with Gasteiger partial charge in [0.25, 0.3) is 0 Å². The normalized spacial score (nSPS) is 39.0. The molecule has 134 valence electrons. The second kappa shape index (κ2) is 5.64. The molecule has 0 amide bonds. The summed E-state index contributed by atoms with van der Waals surface area (Å²) in [5.74, 6) is 2.27. The first-order valence-corrected chi connectivity index (χ1v) is 9.42. The molecule has 1 aromatic carbocycles. The molecule has 4 nitrogen and oxygen atoms in total. The number of aliphatic hydroxyl groups is 1. The van der Waals surface area contributed by atoms with Gasteiger partial charge in [0, 0.05) is 5.41 Å². The lowest BCUT2D eigenvalue weighted by atomic mass is 9.53. The molecule has 2 saturated carbocycles. The number of phenolic OH excluding ortho intramolecular Hbond substituents is 1. The third-order valence-electron chi connectivity index (χ3n) is 7.72. The third kappa shape index (κ3) is 2.22. The van der Waals surface area contributed by atoms with Crippen molar-refractivity contribution in [1.29, 1.82) is 5.26 Å². The van der Waals surface area contributed by atoms with Gasteiger partial charge in [-0.15, -0.1) is 0 Å². The molecule has 25 heavy (non-hydrogen) atoms. The first kappa shape index (κ1) is 16.7. The Bertz CT molecular complexity index is 739. The second-order valence-electron chi connectivity index (χ2n) is 8.50. The number of aromatic hydroxyl groups is 1. The van der Waals surface area contributed by atoms with Crippen molar-refractivity contribution in [3.05, 3.63) is 23.3 Å². The summed E-state index contributed by atoms with van der Waals surface area (Å²) in [5, 5.41) is 30.5. The largest absolute Gasteiger partial charge is 0.504 e. The fraction of sp³-hybridized carbons (Fsp3) is 0.667. The van der Waals surface area contributed by atoms with Gasteiger partial charge in [0.05, 0.1) is 25.2 Å². The van der Waals surface area contributed by atoms with Crippen LogP contribution >= 0.6 is 0 Å². The number of rotatable bonds is 2. The summed E-state index contributed by atoms with van der Waals surface area (Å²) < 4.78 is 5.34. The topological polar surface area (TPSA) is 73.5 Å². The molecule has 0 spiro atoms. The predicted molar refractivity (Wildman–Crippen MR) is 94.5 cm³/mol. The lowest BCUT2D eigenvalue weighted by Gasteiger charge is -2.53. The average molecular weight is 341 g/mol. The summed E-state index contributed by atoms with van der Waals surface area (Å²) in [6, 6.07) is 6.13. The molecular weight excluding hydrogens is 314 g/mol. The Balaban J connectivity index is 1.70. The molecule has 0 saturated heterocycles. The second-order valence-corrected chi connectivity index (χ2v) is 8.50. The van der Waals surface area contributed by atoms with Crippen LogP contribution in [-0.2, 0) is 6.42 Å². The zero-order chi connectivity index (χ0) is 17.8. The highest BCUT2D eigenvalue weighted by atomic mass is 16.5. The van der Waals surface area contributed by atoms with Crippen LogP contribution in [0.1, 0.15) is 62.5 Å². The first-order valence-electron chi connectivity index (χ1n) is 9.42. The standard InChI is InChI=1S/C21H27NO3/c1-20-7-5-14-15(17(20)6-8-21(20,24)9-10-22)4-3-13-11-18(23)19(25-2)12-16(13)14/h11-12,14-15,17,23-24H,3-9H2,1-2H3/t14-,15+,17-,20-,21+/m0/s1. The van der Waals surface area contributed by atoms with Gasteiger partial charge in [0.2, 0.25) is 0 Å². The van der Waals surface area contributed by atoms with Gasteiger partial charge < -0.3 is 14.9 Å². The van der Waals surface area contributed by atoms with Crippen molar-refractivity contribution in [2.24, 2.45) is 17.3 Å². The Kier molecular flexibility index (Phi) is 3.77. The lowest BCUT2D eigenvalue weighted by Crippen LogP contribution is -2.50. The Morgan fingerprint density at radius 2 is 2.08 bits per heavy atom. The molecule has 0 unspecified atom stereocenters. The summed E-state index contributed by atoms with van der Waals surface area (Å²) in [5.41, 5.74) is 1.59. The van der Waals surface area contributed by atoms with Crippen molar-refractivity contribution in [3.8, 4) is 17.6 Å². The highest BCUT2D eigenvalue weighted by Gasteiger charge is 2.61. The molecule has 2 fully saturated rings. The van der Waals surface area contributed by atoms with E-state index in [9.17, 15) is 15.5 Å². The number of fused-ring (bicyclic) bond motifs is 5. The monoisotopic (exact) mass is 341 g/mol. The number of methoxy groups -OCH3 is 1. The van der Waals surface area contributed by atoms with Crippen molar-refractivity contribution in [1.82, 2.24) is 0 Å². The summed E-state index contributed by atoms with van der Waals surface area (Å²) in [7, 11) is 1.60. The minimum Gasteiger partial charge on any atom is -0.504 e. The smallest absolute Gasteiger partial charge is 0.160 e. The molecule has 1 aromatic rings. The lowest BCUT2D eigenvalue weighted by molar-refractivity contribution is -0.0993. The van der Waals surface area contributed by atoms with Gasteiger partial charge in [-0.25, -0.2) is 0 Å². The van der Waals surface area contributed by atoms with Gasteiger partial charge in [-0.3, -0.25) is 0 Å². The Hall–Kier alpha value is -1.73. The number of hydrogen-bond donors (Lipinski definition) is 2. The average Bonchev–Trinajstić information content (AvgIpc) is 2.86. The van der Waals surface area contributed by atoms with E-state index in [4.69, 9.17) is 4.74 Å². The molecule has 5 atom stereocenters. The zero-order valence-electron chi connectivity index (χ0n) is 15.1. The summed E-state index contributed by atoms with van der Waals surface area (Å²) in [6.07, 6.45) is 6.07. The SMILES string of the molecule is COc1cc2c(cc1O)CC[C@@H]1[C@@H]2CC[C@@]2(C)[C@H]1CC[C@@]2(O)CC#N. The van der Waals surface area contributed by atoms with Crippen LogP contribution in [0.25, 0.3) is 0 Å². The zero-order valence-corrected chi connectivity index (χ0v) is 15.1. The minimum atomic E-state index is -0.829. The summed E-state index contributed by atoms with van der Waals surface area (Å²) >= 11 is 0. The highest BCUT2D eigenvalue weighted by molar-refractivity contribution is 5.49. The molecule has 0 aromatic heterocycles. The summed E-state index contributed by atoms with van der Waals surface area (Å²) in [4.78, 5) is 0. The van der Waals surface area contributed by atoms with Gasteiger partial charge in [-0.2, -0.15) is 5.26 Å². The van der Waals surface area contributed by atoms with E-state index in [2.05, 4.69) is 13.0 Å². The van der Waals surface area contributed by atoms with Crippen LogP contribution in [0.4, 0.5) is 0 Å². The maximum atomic E-state index is 11.2. The first-order chi connectivity index (χ1) is 11.9. The van der Waals surface area contributed by atoms with Crippen molar-refractivity contribution in [2.45, 2.75) is 63.4 Å². The van der Waals surface area contributed by atoms with E-state index in [0.29, 0.717) is 23.5 Å². The van der Waals surface area contributed by atoms with Gasteiger partial charge >= 0.3 is 0 Å². The number of hydrogen-bond acceptors (Lipinski definition) is 4. The fourth-order valence-electron chi connectivity index (χ4n) is 6.28. The molecule has 0 bridgehead atoms. The van der Waals surface area contributed by atoms with Crippen LogP contribution in [0.15, 0.2) is 12.1 Å². The van der Waals surface area contributed by atoms with Crippen LogP contribution in [0, 0.1) is 28.6 Å². The van der Waals surface area contributed by atoms with Crippen LogP contribution in [0.5, 0.6) is 11.5 Å². The van der Waals surface area contributed by atoms with E-state index in [0.717, 1.165) is 38.5 Å². The third-order valence-corrected chi connectivity index (χ3v) is 7.72. The number of nitrogens with zero attached hydrogens (tertiary/aromatic N) is 1. The predicted octanol–water partition coefficient (Wildman–Crippen LogP) is 3.90. The van der Waals surface area contributed by atoms with E-state index in [1.54, 1.807) is 7.11 Å². The van der Waals surface area contributed by atoms with Gasteiger partial charge in [0.1, 0.15) is 0 Å². The molecular formula is C21H27NO3. The van der Waals surface area contributed by atoms with Crippen molar-refractivity contribution in [3.63, 3.8) is 0 Å². The molecule has 2 N–H and O–H groups in total. The maximum Gasteiger partial charge on any atom is 0.160 e. The van der Waals surface area contributed by atoms with Gasteiger partial charge in [-0.05, 0) is 79.5 Å². The molecule has 0 radical (unpaired) electrons. The number of ether oxygens (including phenoxy) is 1. The Labute approximate surface area is 149 Å². The molecule has 4 rings (SSSR count). The van der Waals surface area contributed by atoms with Gasteiger partial charge in [-0.1, -0.05) is 6.92 Å². The number of aryl methyl sites for hydroxylation is 1. The van der Waals surface area contributed by atoms with E-state index >= 15 is 0 Å². The summed E-state index contributed by atoms with van der Waals surface area (Å²) in [6.45, 7) is 2.21. The van der Waals surface area contributed by atoms with E-state index < -0.39 is 5.60 Å². The quantitative estimate of drug-likeness (QED) is 0.855. The maximum absolute atomic E-state index is 11.2. The van der Waals surface area contributed by atoms with Crippen LogP contribution < -0.4 is 4.74 Å². The van der Waals surface area contributed by atoms with Crippen LogP contribution in [-0.4, -0.2) is 22.9 Å². The van der Waals surface area contributed by atoms with E-state index in [1.807, 2.05) is 12.1 Å². The van der Waals surface area contributed by atoms with Crippen LogP contribution in [0.2, 0.25) is 0 Å². The molecule has 4 heteroatoms. The van der Waals surface area contributed by atoms with E-state index in [-0.39, 0.29) is 17.6 Å². The molecule has 0 heterocycles. The fourth-order valence-corrected chi connectivity index (χ4v) is 6.28. The van der Waals surface area contributed by atoms with Crippen molar-refractivity contribution >= 4 is 0 Å². The number of nitriles is 1. The van der Waals surface area contributed by atoms with E-state index in [1.165, 1.54) is 11.1 Å². The molecule has 3 aliphatic carbocycles. The van der Waals surface area contributed by atoms with Crippen LogP contribution in [0.3, 0.4) is 0 Å². The van der Waals surface area contributed by atoms with Gasteiger partial charge in [0.15, 0.2) is 11.5 Å². The highest BCUT2D eigenvalue weighted by Crippen LogP contribution is 2.65. The molecule has 3 aliphatic rings.